The van der Waals surface area contributed by atoms with Crippen LogP contribution in [0.5, 0.6) is 0 Å². The number of hydrogen-bond donors (Lipinski definition) is 2. The van der Waals surface area contributed by atoms with Gasteiger partial charge in [-0.05, 0) is 18.6 Å². The van der Waals surface area contributed by atoms with Crippen molar-refractivity contribution in [1.82, 2.24) is 4.98 Å². The van der Waals surface area contributed by atoms with Crippen molar-refractivity contribution in [3.05, 3.63) is 24.5 Å². The second kappa shape index (κ2) is 3.68. The Bertz CT molecular complexity index is 391. The molecule has 2 atom stereocenters. The van der Waals surface area contributed by atoms with Gasteiger partial charge in [0.25, 0.3) is 0 Å². The first kappa shape index (κ1) is 9.64. The Balaban J connectivity index is 1.92. The number of aromatic nitrogens is 1. The van der Waals surface area contributed by atoms with Crippen LogP contribution in [0.25, 0.3) is 0 Å². The summed E-state index contributed by atoms with van der Waals surface area (Å²) >= 11 is 0. The molecule has 5 nitrogen and oxygen atoms in total. The highest BCUT2D eigenvalue weighted by molar-refractivity contribution is 5.98. The van der Waals surface area contributed by atoms with Gasteiger partial charge in [0.1, 0.15) is 0 Å². The molecule has 0 aliphatic heterocycles. The van der Waals surface area contributed by atoms with Crippen LogP contribution >= 0.6 is 0 Å². The van der Waals surface area contributed by atoms with Crippen molar-refractivity contribution in [1.29, 1.82) is 0 Å². The van der Waals surface area contributed by atoms with Crippen molar-refractivity contribution in [3.63, 3.8) is 0 Å². The van der Waals surface area contributed by atoms with E-state index in [0.29, 0.717) is 12.1 Å². The molecule has 1 saturated carbocycles. The zero-order valence-electron chi connectivity index (χ0n) is 7.88. The first-order chi connectivity index (χ1) is 7.18. The molecule has 2 N–H and O–H groups in total. The predicted octanol–water partition coefficient (Wildman–Crippen LogP) is 0.741. The van der Waals surface area contributed by atoms with Crippen molar-refractivity contribution in [2.24, 2.45) is 11.8 Å². The summed E-state index contributed by atoms with van der Waals surface area (Å²) in [5, 5.41) is 11.3. The maximum Gasteiger partial charge on any atom is 0.307 e. The summed E-state index contributed by atoms with van der Waals surface area (Å²) in [5.74, 6) is -2.01. The Labute approximate surface area is 86.1 Å². The number of pyridine rings is 1. The van der Waals surface area contributed by atoms with Crippen LogP contribution in [-0.4, -0.2) is 22.0 Å². The molecule has 2 rings (SSSR count). The molecule has 1 fully saturated rings. The van der Waals surface area contributed by atoms with Crippen LogP contribution in [0.2, 0.25) is 0 Å². The Hall–Kier alpha value is -1.91. The number of nitrogens with zero attached hydrogens (tertiary/aromatic N) is 1. The lowest BCUT2D eigenvalue weighted by molar-refractivity contribution is -0.139. The van der Waals surface area contributed by atoms with E-state index in [4.69, 9.17) is 5.11 Å². The molecule has 1 amide bonds. The standard InChI is InChI=1S/C10H10N2O3/c13-9(7-5-8(7)10(14)15)12-6-1-3-11-4-2-6/h1-4,7-8H,5H2,(H,14,15)(H,11,12,13)/t7-,8+/m0/s1. The zero-order chi connectivity index (χ0) is 10.8. The molecule has 1 aliphatic carbocycles. The number of aliphatic carboxylic acids is 1. The van der Waals surface area contributed by atoms with E-state index in [9.17, 15) is 9.59 Å². The smallest absolute Gasteiger partial charge is 0.307 e. The van der Waals surface area contributed by atoms with Crippen LogP contribution in [0.15, 0.2) is 24.5 Å². The van der Waals surface area contributed by atoms with E-state index in [1.165, 1.54) is 0 Å². The van der Waals surface area contributed by atoms with Crippen LogP contribution in [0.4, 0.5) is 5.69 Å². The second-order valence-corrected chi connectivity index (χ2v) is 3.51. The minimum Gasteiger partial charge on any atom is -0.481 e. The maximum atomic E-state index is 11.5. The van der Waals surface area contributed by atoms with Gasteiger partial charge in [-0.1, -0.05) is 0 Å². The second-order valence-electron chi connectivity index (χ2n) is 3.51. The third-order valence-electron chi connectivity index (χ3n) is 2.39. The summed E-state index contributed by atoms with van der Waals surface area (Å²) < 4.78 is 0. The number of amides is 1. The quantitative estimate of drug-likeness (QED) is 0.764. The van der Waals surface area contributed by atoms with Crippen molar-refractivity contribution < 1.29 is 14.7 Å². The van der Waals surface area contributed by atoms with Gasteiger partial charge in [0.05, 0.1) is 11.8 Å². The highest BCUT2D eigenvalue weighted by Gasteiger charge is 2.48. The Kier molecular flexibility index (Phi) is 2.37. The van der Waals surface area contributed by atoms with Gasteiger partial charge in [-0.25, -0.2) is 0 Å². The van der Waals surface area contributed by atoms with Gasteiger partial charge in [-0.2, -0.15) is 0 Å². The monoisotopic (exact) mass is 206 g/mol. The molecule has 0 spiro atoms. The highest BCUT2D eigenvalue weighted by Crippen LogP contribution is 2.39. The third kappa shape index (κ3) is 2.12. The van der Waals surface area contributed by atoms with Gasteiger partial charge in [0.15, 0.2) is 0 Å². The lowest BCUT2D eigenvalue weighted by Gasteiger charge is -2.02. The normalized spacial score (nSPS) is 23.2. The van der Waals surface area contributed by atoms with E-state index >= 15 is 0 Å². The molecule has 1 aliphatic rings. The van der Waals surface area contributed by atoms with Crippen LogP contribution in [0.3, 0.4) is 0 Å². The summed E-state index contributed by atoms with van der Waals surface area (Å²) in [6.45, 7) is 0. The first-order valence-corrected chi connectivity index (χ1v) is 4.62. The van der Waals surface area contributed by atoms with Crippen LogP contribution in [0, 0.1) is 11.8 Å². The molecule has 1 aromatic rings. The number of carboxylic acid groups (broad SMARTS) is 1. The topological polar surface area (TPSA) is 79.3 Å². The first-order valence-electron chi connectivity index (χ1n) is 4.62. The molecule has 1 aromatic heterocycles. The van der Waals surface area contributed by atoms with Crippen LogP contribution in [-0.2, 0) is 9.59 Å². The van der Waals surface area contributed by atoms with Crippen molar-refractivity contribution >= 4 is 17.6 Å². The van der Waals surface area contributed by atoms with Crippen LogP contribution in [0.1, 0.15) is 6.42 Å². The van der Waals surface area contributed by atoms with E-state index in [0.717, 1.165) is 0 Å². The minimum absolute atomic E-state index is 0.228. The van der Waals surface area contributed by atoms with Crippen molar-refractivity contribution in [3.8, 4) is 0 Å². The van der Waals surface area contributed by atoms with E-state index in [-0.39, 0.29) is 11.8 Å². The predicted molar refractivity (Wildman–Crippen MR) is 52.1 cm³/mol. The minimum atomic E-state index is -0.898. The molecule has 0 radical (unpaired) electrons. The van der Waals surface area contributed by atoms with Gasteiger partial charge in [-0.3, -0.25) is 14.6 Å². The summed E-state index contributed by atoms with van der Waals surface area (Å²) in [6, 6.07) is 3.33. The summed E-state index contributed by atoms with van der Waals surface area (Å²) in [4.78, 5) is 25.8. The summed E-state index contributed by atoms with van der Waals surface area (Å²) in [7, 11) is 0. The Morgan fingerprint density at radius 1 is 1.33 bits per heavy atom. The van der Waals surface area contributed by atoms with Gasteiger partial charge in [0.2, 0.25) is 5.91 Å². The molecule has 1 heterocycles. The SMILES string of the molecule is O=C(Nc1ccncc1)[C@H]1C[C@H]1C(=O)O. The van der Waals surface area contributed by atoms with Gasteiger partial charge < -0.3 is 10.4 Å². The average Bonchev–Trinajstić information content (AvgIpc) is 2.98. The lowest BCUT2D eigenvalue weighted by Crippen LogP contribution is -2.16. The molecule has 5 heteroatoms. The third-order valence-corrected chi connectivity index (χ3v) is 2.39. The number of carboxylic acids is 1. The number of carbonyl (C=O) groups is 2. The molecular formula is C10H10N2O3. The number of rotatable bonds is 3. The zero-order valence-corrected chi connectivity index (χ0v) is 7.88. The largest absolute Gasteiger partial charge is 0.481 e. The number of anilines is 1. The maximum absolute atomic E-state index is 11.5. The fourth-order valence-electron chi connectivity index (χ4n) is 1.43. The van der Waals surface area contributed by atoms with Gasteiger partial charge >= 0.3 is 5.97 Å². The fourth-order valence-corrected chi connectivity index (χ4v) is 1.43. The van der Waals surface area contributed by atoms with E-state index in [1.54, 1.807) is 24.5 Å². The lowest BCUT2D eigenvalue weighted by atomic mass is 10.3. The van der Waals surface area contributed by atoms with Crippen molar-refractivity contribution in [2.45, 2.75) is 6.42 Å². The molecule has 0 aromatic carbocycles. The molecule has 0 saturated heterocycles. The number of carbonyl (C=O) groups excluding carboxylic acids is 1. The molecule has 15 heavy (non-hydrogen) atoms. The molecular weight excluding hydrogens is 196 g/mol. The average molecular weight is 206 g/mol. The van der Waals surface area contributed by atoms with Crippen molar-refractivity contribution in [2.75, 3.05) is 5.32 Å². The van der Waals surface area contributed by atoms with Gasteiger partial charge in [0, 0.05) is 18.1 Å². The fraction of sp³-hybridized carbons (Fsp3) is 0.300. The number of hydrogen-bond acceptors (Lipinski definition) is 3. The summed E-state index contributed by atoms with van der Waals surface area (Å²) in [5.41, 5.74) is 0.644. The van der Waals surface area contributed by atoms with E-state index in [2.05, 4.69) is 10.3 Å². The summed E-state index contributed by atoms with van der Waals surface area (Å²) in [6.07, 6.45) is 3.57. The Morgan fingerprint density at radius 3 is 2.53 bits per heavy atom. The number of nitrogens with one attached hydrogen (secondary N) is 1. The Morgan fingerprint density at radius 2 is 2.00 bits per heavy atom. The molecule has 0 bridgehead atoms. The van der Waals surface area contributed by atoms with Crippen LogP contribution < -0.4 is 5.32 Å². The molecule has 78 valence electrons. The molecule has 0 unspecified atom stereocenters. The van der Waals surface area contributed by atoms with E-state index < -0.39 is 11.9 Å². The van der Waals surface area contributed by atoms with E-state index in [1.807, 2.05) is 0 Å². The van der Waals surface area contributed by atoms with Gasteiger partial charge in [-0.15, -0.1) is 0 Å². The highest BCUT2D eigenvalue weighted by atomic mass is 16.4.